The molecule has 29 heavy (non-hydrogen) atoms. The average Bonchev–Trinajstić information content (AvgIpc) is 2.70. The zero-order valence-corrected chi connectivity index (χ0v) is 16.9. The van der Waals surface area contributed by atoms with E-state index in [0.29, 0.717) is 15.7 Å². The summed E-state index contributed by atoms with van der Waals surface area (Å²) in [5.41, 5.74) is 1.46. The Morgan fingerprint density at radius 1 is 1.07 bits per heavy atom. The third kappa shape index (κ3) is 5.75. The number of nitrogens with zero attached hydrogens (tertiary/aromatic N) is 2. The molecule has 0 saturated carbocycles. The Morgan fingerprint density at radius 2 is 1.86 bits per heavy atom. The summed E-state index contributed by atoms with van der Waals surface area (Å²) in [6, 6.07) is 14.1. The number of halogens is 2. The third-order valence-electron chi connectivity index (χ3n) is 3.81. The van der Waals surface area contributed by atoms with Gasteiger partial charge < -0.3 is 10.6 Å². The second-order valence-corrected chi connectivity index (χ2v) is 7.39. The fourth-order valence-corrected chi connectivity index (χ4v) is 3.09. The smallest absolute Gasteiger partial charge is 0.259 e. The predicted octanol–water partition coefficient (Wildman–Crippen LogP) is 4.56. The molecule has 1 heterocycles. The lowest BCUT2D eigenvalue weighted by Crippen LogP contribution is -2.15. The maximum atomic E-state index is 13.6. The van der Waals surface area contributed by atoms with E-state index in [-0.39, 0.29) is 23.0 Å². The molecule has 3 rings (SSSR count). The van der Waals surface area contributed by atoms with Crippen LogP contribution in [-0.4, -0.2) is 27.8 Å². The molecule has 2 N–H and O–H groups in total. The van der Waals surface area contributed by atoms with Gasteiger partial charge in [-0.25, -0.2) is 4.39 Å². The molecule has 0 atom stereocenters. The highest BCUT2D eigenvalue weighted by atomic mass is 35.5. The molecule has 9 heteroatoms. The van der Waals surface area contributed by atoms with E-state index < -0.39 is 11.7 Å². The summed E-state index contributed by atoms with van der Waals surface area (Å²) in [5, 5.41) is 14.2. The number of nitrogens with one attached hydrogen (secondary N) is 2. The Morgan fingerprint density at radius 3 is 2.55 bits per heavy atom. The van der Waals surface area contributed by atoms with Gasteiger partial charge in [0.25, 0.3) is 5.91 Å². The van der Waals surface area contributed by atoms with Crippen LogP contribution in [0.2, 0.25) is 5.02 Å². The van der Waals surface area contributed by atoms with Gasteiger partial charge in [-0.2, -0.15) is 0 Å². The van der Waals surface area contributed by atoms with Gasteiger partial charge in [-0.15, -0.1) is 10.2 Å². The van der Waals surface area contributed by atoms with Gasteiger partial charge in [0, 0.05) is 10.7 Å². The minimum Gasteiger partial charge on any atom is -0.325 e. The van der Waals surface area contributed by atoms with Gasteiger partial charge in [0.05, 0.1) is 11.3 Å². The first-order valence-electron chi connectivity index (χ1n) is 8.51. The summed E-state index contributed by atoms with van der Waals surface area (Å²) < 4.78 is 13.6. The first kappa shape index (κ1) is 20.8. The number of carbonyl (C=O) groups is 2. The van der Waals surface area contributed by atoms with Crippen molar-refractivity contribution in [1.82, 2.24) is 10.2 Å². The molecule has 0 aliphatic carbocycles. The van der Waals surface area contributed by atoms with E-state index in [1.54, 1.807) is 24.3 Å². The molecule has 0 unspecified atom stereocenters. The first-order valence-corrected chi connectivity index (χ1v) is 9.87. The van der Waals surface area contributed by atoms with Crippen LogP contribution >= 0.6 is 23.4 Å². The Hall–Kier alpha value is -2.97. The summed E-state index contributed by atoms with van der Waals surface area (Å²) in [6.07, 6.45) is 0. The molecule has 1 aromatic heterocycles. The van der Waals surface area contributed by atoms with Crippen LogP contribution < -0.4 is 10.6 Å². The number of carbonyl (C=O) groups excluding carboxylic acids is 2. The molecule has 0 aliphatic heterocycles. The van der Waals surface area contributed by atoms with Crippen molar-refractivity contribution in [3.8, 4) is 0 Å². The topological polar surface area (TPSA) is 84.0 Å². The fraction of sp³-hybridized carbons (Fsp3) is 0.100. The molecular weight excluding hydrogens is 415 g/mol. The van der Waals surface area contributed by atoms with Gasteiger partial charge >= 0.3 is 0 Å². The standard InChI is InChI=1S/C20H16ClFN4O2S/c1-12-6-7-13(10-15(12)21)23-18(27)11-29-19-9-8-17(25-26-19)24-20(28)14-4-2-3-5-16(14)22/h2-10H,11H2,1H3,(H,23,27)(H,24,25,28). The van der Waals surface area contributed by atoms with Crippen LogP contribution in [0, 0.1) is 12.7 Å². The van der Waals surface area contributed by atoms with Crippen LogP contribution in [-0.2, 0) is 4.79 Å². The second-order valence-electron chi connectivity index (χ2n) is 5.99. The van der Waals surface area contributed by atoms with E-state index in [0.717, 1.165) is 5.56 Å². The lowest BCUT2D eigenvalue weighted by Gasteiger charge is -2.07. The second kappa shape index (κ2) is 9.49. The summed E-state index contributed by atoms with van der Waals surface area (Å²) in [5.74, 6) is -1.14. The van der Waals surface area contributed by atoms with Crippen molar-refractivity contribution in [2.24, 2.45) is 0 Å². The summed E-state index contributed by atoms with van der Waals surface area (Å²) in [6.45, 7) is 1.88. The number of thioether (sulfide) groups is 1. The minimum absolute atomic E-state index is 0.0827. The number of anilines is 2. The van der Waals surface area contributed by atoms with E-state index in [2.05, 4.69) is 20.8 Å². The summed E-state index contributed by atoms with van der Waals surface area (Å²) in [7, 11) is 0. The molecule has 0 saturated heterocycles. The van der Waals surface area contributed by atoms with E-state index >= 15 is 0 Å². The molecule has 0 fully saturated rings. The molecule has 3 aromatic rings. The van der Waals surface area contributed by atoms with Gasteiger partial charge in [0.15, 0.2) is 5.82 Å². The molecule has 2 aromatic carbocycles. The van der Waals surface area contributed by atoms with Gasteiger partial charge in [-0.05, 0) is 48.9 Å². The zero-order valence-electron chi connectivity index (χ0n) is 15.3. The highest BCUT2D eigenvalue weighted by Crippen LogP contribution is 2.21. The molecular formula is C20H16ClFN4O2S. The number of hydrogen-bond acceptors (Lipinski definition) is 5. The molecule has 0 radical (unpaired) electrons. The molecule has 0 spiro atoms. The van der Waals surface area contributed by atoms with Crippen molar-refractivity contribution in [3.63, 3.8) is 0 Å². The van der Waals surface area contributed by atoms with Crippen molar-refractivity contribution in [2.75, 3.05) is 16.4 Å². The van der Waals surface area contributed by atoms with E-state index in [1.807, 2.05) is 13.0 Å². The van der Waals surface area contributed by atoms with Crippen LogP contribution in [0.15, 0.2) is 59.6 Å². The monoisotopic (exact) mass is 430 g/mol. The fourth-order valence-electron chi connectivity index (χ4n) is 2.30. The van der Waals surface area contributed by atoms with Gasteiger partial charge in [0.1, 0.15) is 10.8 Å². The quantitative estimate of drug-likeness (QED) is 0.560. The third-order valence-corrected chi connectivity index (χ3v) is 5.13. The maximum absolute atomic E-state index is 13.6. The number of rotatable bonds is 6. The SMILES string of the molecule is Cc1ccc(NC(=O)CSc2ccc(NC(=O)c3ccccc3F)nn2)cc1Cl. The van der Waals surface area contributed by atoms with Crippen molar-refractivity contribution < 1.29 is 14.0 Å². The summed E-state index contributed by atoms with van der Waals surface area (Å²) in [4.78, 5) is 24.1. The van der Waals surface area contributed by atoms with Crippen molar-refractivity contribution in [2.45, 2.75) is 11.9 Å². The van der Waals surface area contributed by atoms with Gasteiger partial charge in [-0.3, -0.25) is 9.59 Å². The predicted molar refractivity (Wildman–Crippen MR) is 112 cm³/mol. The Kier molecular flexibility index (Phi) is 6.79. The van der Waals surface area contributed by atoms with Gasteiger partial charge in [-0.1, -0.05) is 41.6 Å². The van der Waals surface area contributed by atoms with Crippen molar-refractivity contribution >= 4 is 46.7 Å². The Labute approximate surface area is 175 Å². The molecule has 2 amide bonds. The van der Waals surface area contributed by atoms with Crippen LogP contribution in [0.1, 0.15) is 15.9 Å². The van der Waals surface area contributed by atoms with Crippen LogP contribution in [0.4, 0.5) is 15.9 Å². The number of aryl methyl sites for hydroxylation is 1. The van der Waals surface area contributed by atoms with E-state index in [4.69, 9.17) is 11.6 Å². The zero-order chi connectivity index (χ0) is 20.8. The molecule has 0 bridgehead atoms. The van der Waals surface area contributed by atoms with Crippen LogP contribution in [0.25, 0.3) is 0 Å². The van der Waals surface area contributed by atoms with Crippen LogP contribution in [0.3, 0.4) is 0 Å². The minimum atomic E-state index is -0.619. The first-order chi connectivity index (χ1) is 13.9. The van der Waals surface area contributed by atoms with Crippen molar-refractivity contribution in [3.05, 3.63) is 76.6 Å². The Bertz CT molecular complexity index is 1050. The van der Waals surface area contributed by atoms with E-state index in [9.17, 15) is 14.0 Å². The number of amides is 2. The number of aromatic nitrogens is 2. The molecule has 148 valence electrons. The number of hydrogen-bond donors (Lipinski definition) is 2. The van der Waals surface area contributed by atoms with Crippen LogP contribution in [0.5, 0.6) is 0 Å². The molecule has 6 nitrogen and oxygen atoms in total. The number of benzene rings is 2. The maximum Gasteiger partial charge on any atom is 0.259 e. The largest absolute Gasteiger partial charge is 0.325 e. The normalized spacial score (nSPS) is 10.4. The average molecular weight is 431 g/mol. The Balaban J connectivity index is 1.52. The van der Waals surface area contributed by atoms with Crippen molar-refractivity contribution in [1.29, 1.82) is 0 Å². The molecule has 0 aliphatic rings. The van der Waals surface area contributed by atoms with Gasteiger partial charge in [0.2, 0.25) is 5.91 Å². The van der Waals surface area contributed by atoms with E-state index in [1.165, 1.54) is 36.0 Å². The lowest BCUT2D eigenvalue weighted by atomic mass is 10.2. The summed E-state index contributed by atoms with van der Waals surface area (Å²) >= 11 is 7.23. The highest BCUT2D eigenvalue weighted by Gasteiger charge is 2.12. The highest BCUT2D eigenvalue weighted by molar-refractivity contribution is 7.99. The lowest BCUT2D eigenvalue weighted by molar-refractivity contribution is -0.113.